The molecule has 1 amide bonds. The van der Waals surface area contributed by atoms with Crippen LogP contribution in [0.5, 0.6) is 0 Å². The molecular weight excluding hydrogens is 286 g/mol. The van der Waals surface area contributed by atoms with Gasteiger partial charge in [-0.2, -0.15) is 0 Å². The Kier molecular flexibility index (Phi) is 5.22. The third-order valence-corrected chi connectivity index (χ3v) is 3.24. The molecular formula is C17H18F2N2O. The average Bonchev–Trinajstić information content (AvgIpc) is 2.49. The van der Waals surface area contributed by atoms with Crippen LogP contribution in [0, 0.1) is 11.6 Å². The second-order valence-electron chi connectivity index (χ2n) is 5.33. The smallest absolute Gasteiger partial charge is 0.251 e. The van der Waals surface area contributed by atoms with Crippen LogP contribution in [0.2, 0.25) is 0 Å². The molecule has 0 aliphatic rings. The molecule has 0 saturated carbocycles. The predicted molar refractivity (Wildman–Crippen MR) is 81.6 cm³/mol. The van der Waals surface area contributed by atoms with Gasteiger partial charge in [0.05, 0.1) is 6.04 Å². The first-order chi connectivity index (χ1) is 10.5. The molecule has 22 heavy (non-hydrogen) atoms. The van der Waals surface area contributed by atoms with E-state index in [4.69, 9.17) is 0 Å². The zero-order chi connectivity index (χ0) is 16.1. The molecule has 1 unspecified atom stereocenters. The fraction of sp³-hybridized carbons (Fsp3) is 0.235. The van der Waals surface area contributed by atoms with Crippen LogP contribution in [-0.4, -0.2) is 31.4 Å². The Morgan fingerprint density at radius 3 is 2.36 bits per heavy atom. The van der Waals surface area contributed by atoms with E-state index >= 15 is 0 Å². The summed E-state index contributed by atoms with van der Waals surface area (Å²) in [7, 11) is 3.80. The van der Waals surface area contributed by atoms with Crippen molar-refractivity contribution in [3.05, 3.63) is 71.3 Å². The molecule has 0 aliphatic heterocycles. The summed E-state index contributed by atoms with van der Waals surface area (Å²) < 4.78 is 26.2. The molecule has 1 atom stereocenters. The third kappa shape index (κ3) is 4.11. The van der Waals surface area contributed by atoms with E-state index in [0.29, 0.717) is 6.54 Å². The van der Waals surface area contributed by atoms with Gasteiger partial charge in [0, 0.05) is 12.1 Å². The van der Waals surface area contributed by atoms with Crippen molar-refractivity contribution in [2.24, 2.45) is 0 Å². The first-order valence-corrected chi connectivity index (χ1v) is 6.93. The van der Waals surface area contributed by atoms with Gasteiger partial charge in [-0.05, 0) is 37.9 Å². The maximum Gasteiger partial charge on any atom is 0.251 e. The molecule has 1 N–H and O–H groups in total. The average molecular weight is 304 g/mol. The summed E-state index contributed by atoms with van der Waals surface area (Å²) >= 11 is 0. The number of hydrogen-bond acceptors (Lipinski definition) is 2. The molecule has 0 aliphatic carbocycles. The van der Waals surface area contributed by atoms with Crippen LogP contribution in [0.15, 0.2) is 48.5 Å². The van der Waals surface area contributed by atoms with Gasteiger partial charge in [-0.1, -0.05) is 30.3 Å². The predicted octanol–water partition coefficient (Wildman–Crippen LogP) is 3.00. The first kappa shape index (κ1) is 16.1. The largest absolute Gasteiger partial charge is 0.344 e. The molecule has 0 spiro atoms. The van der Waals surface area contributed by atoms with Crippen LogP contribution in [0.25, 0.3) is 0 Å². The van der Waals surface area contributed by atoms with Crippen LogP contribution in [0.1, 0.15) is 22.0 Å². The fourth-order valence-corrected chi connectivity index (χ4v) is 2.16. The zero-order valence-corrected chi connectivity index (χ0v) is 12.5. The van der Waals surface area contributed by atoms with Gasteiger partial charge >= 0.3 is 0 Å². The molecule has 116 valence electrons. The maximum atomic E-state index is 13.2. The van der Waals surface area contributed by atoms with E-state index in [1.54, 1.807) is 0 Å². The summed E-state index contributed by atoms with van der Waals surface area (Å²) in [5.74, 6) is -2.43. The third-order valence-electron chi connectivity index (χ3n) is 3.24. The van der Waals surface area contributed by atoms with Gasteiger partial charge in [0.1, 0.15) is 0 Å². The molecule has 0 saturated heterocycles. The SMILES string of the molecule is CN(C)CC(NC(=O)c1ccc(F)c(F)c1)c1ccccc1. The van der Waals surface area contributed by atoms with Crippen molar-refractivity contribution in [2.45, 2.75) is 6.04 Å². The minimum atomic E-state index is -1.03. The lowest BCUT2D eigenvalue weighted by Gasteiger charge is -2.23. The number of hydrogen-bond donors (Lipinski definition) is 1. The molecule has 0 fully saturated rings. The highest BCUT2D eigenvalue weighted by Crippen LogP contribution is 2.15. The fourth-order valence-electron chi connectivity index (χ4n) is 2.16. The number of rotatable bonds is 5. The van der Waals surface area contributed by atoms with E-state index in [1.165, 1.54) is 6.07 Å². The van der Waals surface area contributed by atoms with E-state index in [1.807, 2.05) is 49.3 Å². The highest BCUT2D eigenvalue weighted by Gasteiger charge is 2.17. The first-order valence-electron chi connectivity index (χ1n) is 6.93. The van der Waals surface area contributed by atoms with Crippen LogP contribution >= 0.6 is 0 Å². The van der Waals surface area contributed by atoms with Gasteiger partial charge in [-0.3, -0.25) is 4.79 Å². The second-order valence-corrected chi connectivity index (χ2v) is 5.33. The van der Waals surface area contributed by atoms with Gasteiger partial charge in [0.25, 0.3) is 5.91 Å². The topological polar surface area (TPSA) is 32.3 Å². The number of likely N-dealkylation sites (N-methyl/N-ethyl adjacent to an activating group) is 1. The highest BCUT2D eigenvalue weighted by atomic mass is 19.2. The summed E-state index contributed by atoms with van der Waals surface area (Å²) in [4.78, 5) is 14.2. The van der Waals surface area contributed by atoms with Crippen LogP contribution < -0.4 is 5.32 Å². The van der Waals surface area contributed by atoms with Crippen molar-refractivity contribution >= 4 is 5.91 Å². The van der Waals surface area contributed by atoms with Gasteiger partial charge < -0.3 is 10.2 Å². The Morgan fingerprint density at radius 2 is 1.77 bits per heavy atom. The van der Waals surface area contributed by atoms with E-state index in [0.717, 1.165) is 17.7 Å². The number of halogens is 2. The van der Waals surface area contributed by atoms with Crippen molar-refractivity contribution in [1.29, 1.82) is 0 Å². The summed E-state index contributed by atoms with van der Waals surface area (Å²) in [6.45, 7) is 0.597. The van der Waals surface area contributed by atoms with Gasteiger partial charge in [-0.15, -0.1) is 0 Å². The van der Waals surface area contributed by atoms with Crippen LogP contribution in [0.4, 0.5) is 8.78 Å². The van der Waals surface area contributed by atoms with Gasteiger partial charge in [0.15, 0.2) is 11.6 Å². The van der Waals surface area contributed by atoms with Crippen molar-refractivity contribution < 1.29 is 13.6 Å². The molecule has 2 rings (SSSR count). The van der Waals surface area contributed by atoms with E-state index in [9.17, 15) is 13.6 Å². The minimum absolute atomic E-state index is 0.0959. The second kappa shape index (κ2) is 7.13. The molecule has 0 aromatic heterocycles. The lowest BCUT2D eigenvalue weighted by Crippen LogP contribution is -2.35. The highest BCUT2D eigenvalue weighted by molar-refractivity contribution is 5.94. The molecule has 3 nitrogen and oxygen atoms in total. The van der Waals surface area contributed by atoms with Crippen molar-refractivity contribution in [2.75, 3.05) is 20.6 Å². The Morgan fingerprint density at radius 1 is 1.09 bits per heavy atom. The van der Waals surface area contributed by atoms with E-state index < -0.39 is 17.5 Å². The number of benzene rings is 2. The van der Waals surface area contributed by atoms with E-state index in [-0.39, 0.29) is 11.6 Å². The van der Waals surface area contributed by atoms with Crippen molar-refractivity contribution in [3.8, 4) is 0 Å². The van der Waals surface area contributed by atoms with Crippen LogP contribution in [0.3, 0.4) is 0 Å². The molecule has 0 bridgehead atoms. The number of nitrogens with one attached hydrogen (secondary N) is 1. The Bertz CT molecular complexity index is 644. The summed E-state index contributed by atoms with van der Waals surface area (Å²) in [6, 6.07) is 12.4. The Balaban J connectivity index is 2.19. The van der Waals surface area contributed by atoms with Gasteiger partial charge in [0.2, 0.25) is 0 Å². The molecule has 0 radical (unpaired) electrons. The number of carbonyl (C=O) groups is 1. The summed E-state index contributed by atoms with van der Waals surface area (Å²) in [6.07, 6.45) is 0. The van der Waals surface area contributed by atoms with Crippen molar-refractivity contribution in [3.63, 3.8) is 0 Å². The zero-order valence-electron chi connectivity index (χ0n) is 12.5. The normalized spacial score (nSPS) is 12.2. The molecule has 2 aromatic rings. The Labute approximate surface area is 128 Å². The Hall–Kier alpha value is -2.27. The lowest BCUT2D eigenvalue weighted by atomic mass is 10.1. The van der Waals surface area contributed by atoms with Crippen molar-refractivity contribution in [1.82, 2.24) is 10.2 Å². The van der Waals surface area contributed by atoms with Crippen LogP contribution in [-0.2, 0) is 0 Å². The summed E-state index contributed by atoms with van der Waals surface area (Å²) in [5.41, 5.74) is 1.05. The molecule has 0 heterocycles. The number of amides is 1. The molecule has 2 aromatic carbocycles. The number of nitrogens with zero attached hydrogens (tertiary/aromatic N) is 1. The minimum Gasteiger partial charge on any atom is -0.344 e. The standard InChI is InChI=1S/C17H18F2N2O/c1-21(2)11-16(12-6-4-3-5-7-12)20-17(22)13-8-9-14(18)15(19)10-13/h3-10,16H,11H2,1-2H3,(H,20,22). The summed E-state index contributed by atoms with van der Waals surface area (Å²) in [5, 5.41) is 2.86. The van der Waals surface area contributed by atoms with E-state index in [2.05, 4.69) is 5.32 Å². The van der Waals surface area contributed by atoms with Gasteiger partial charge in [-0.25, -0.2) is 8.78 Å². The maximum absolute atomic E-state index is 13.2. The molecule has 5 heteroatoms. The quantitative estimate of drug-likeness (QED) is 0.921. The monoisotopic (exact) mass is 304 g/mol. The lowest BCUT2D eigenvalue weighted by molar-refractivity contribution is 0.0929. The number of carbonyl (C=O) groups excluding carboxylic acids is 1.